The number of aryl methyl sites for hydroxylation is 1. The second-order valence-electron chi connectivity index (χ2n) is 4.76. The minimum Gasteiger partial charge on any atom is -0.240 e. The molecule has 3 nitrogen and oxygen atoms in total. The van der Waals surface area contributed by atoms with Gasteiger partial charge >= 0.3 is 0 Å². The lowest BCUT2D eigenvalue weighted by atomic mass is 10.1. The van der Waals surface area contributed by atoms with Gasteiger partial charge in [0.05, 0.1) is 21.3 Å². The zero-order valence-corrected chi connectivity index (χ0v) is 14.2. The molecule has 0 N–H and O–H groups in total. The molecule has 0 aliphatic heterocycles. The van der Waals surface area contributed by atoms with Gasteiger partial charge in [-0.3, -0.25) is 0 Å². The van der Waals surface area contributed by atoms with Gasteiger partial charge in [0.1, 0.15) is 0 Å². The molecular formula is C16H13Cl2N3S. The number of hydrogen-bond donors (Lipinski definition) is 0. The number of benzene rings is 1. The lowest BCUT2D eigenvalue weighted by Crippen LogP contribution is -1.87. The number of nitrogens with zero attached hydrogens (tertiary/aromatic N) is 3. The molecule has 3 aromatic rings. The van der Waals surface area contributed by atoms with E-state index >= 15 is 0 Å². The molecule has 1 aromatic carbocycles. The van der Waals surface area contributed by atoms with Crippen LogP contribution < -0.4 is 0 Å². The van der Waals surface area contributed by atoms with Crippen LogP contribution in [0.25, 0.3) is 21.8 Å². The summed E-state index contributed by atoms with van der Waals surface area (Å²) in [4.78, 5) is 14.0. The van der Waals surface area contributed by atoms with Crippen LogP contribution in [0.15, 0.2) is 36.5 Å². The summed E-state index contributed by atoms with van der Waals surface area (Å²) in [5.41, 5.74) is 2.66. The summed E-state index contributed by atoms with van der Waals surface area (Å²) in [7, 11) is 0. The van der Waals surface area contributed by atoms with Crippen molar-refractivity contribution in [2.45, 2.75) is 19.8 Å². The summed E-state index contributed by atoms with van der Waals surface area (Å²) in [6, 6.07) is 9.55. The Balaban J connectivity index is 2.16. The van der Waals surface area contributed by atoms with Crippen molar-refractivity contribution in [1.29, 1.82) is 0 Å². The van der Waals surface area contributed by atoms with Gasteiger partial charge in [0.2, 0.25) is 5.28 Å². The van der Waals surface area contributed by atoms with Crippen LogP contribution in [0.2, 0.25) is 10.3 Å². The van der Waals surface area contributed by atoms with Crippen molar-refractivity contribution in [3.63, 3.8) is 0 Å². The van der Waals surface area contributed by atoms with Gasteiger partial charge in [-0.2, -0.15) is 0 Å². The van der Waals surface area contributed by atoms with Gasteiger partial charge in [0.25, 0.3) is 0 Å². The first-order chi connectivity index (χ1) is 10.7. The lowest BCUT2D eigenvalue weighted by molar-refractivity contribution is 0.910. The Hall–Kier alpha value is -1.49. The van der Waals surface area contributed by atoms with Gasteiger partial charge in [-0.15, -0.1) is 11.3 Å². The molecule has 0 atom stereocenters. The Morgan fingerprint density at radius 1 is 1.14 bits per heavy atom. The van der Waals surface area contributed by atoms with Crippen molar-refractivity contribution in [3.05, 3.63) is 51.8 Å². The van der Waals surface area contributed by atoms with Gasteiger partial charge in [0, 0.05) is 16.8 Å². The highest BCUT2D eigenvalue weighted by atomic mass is 35.5. The molecule has 22 heavy (non-hydrogen) atoms. The summed E-state index contributed by atoms with van der Waals surface area (Å²) < 4.78 is 0. The topological polar surface area (TPSA) is 38.7 Å². The highest BCUT2D eigenvalue weighted by Crippen LogP contribution is 2.37. The van der Waals surface area contributed by atoms with E-state index < -0.39 is 0 Å². The summed E-state index contributed by atoms with van der Waals surface area (Å²) >= 11 is 13.7. The first-order valence-electron chi connectivity index (χ1n) is 6.92. The third-order valence-corrected chi connectivity index (χ3v) is 4.65. The molecule has 0 bridgehead atoms. The first-order valence-corrected chi connectivity index (χ1v) is 8.49. The Bertz CT molecular complexity index is 739. The van der Waals surface area contributed by atoms with Crippen molar-refractivity contribution in [3.8, 4) is 21.8 Å². The van der Waals surface area contributed by atoms with E-state index in [9.17, 15) is 0 Å². The van der Waals surface area contributed by atoms with Crippen molar-refractivity contribution in [2.24, 2.45) is 0 Å². The zero-order chi connectivity index (χ0) is 15.5. The van der Waals surface area contributed by atoms with Crippen molar-refractivity contribution in [2.75, 3.05) is 0 Å². The molecule has 0 saturated heterocycles. The third-order valence-electron chi connectivity index (χ3n) is 3.09. The third kappa shape index (κ3) is 3.29. The van der Waals surface area contributed by atoms with Gasteiger partial charge in [0.15, 0.2) is 0 Å². The second kappa shape index (κ2) is 6.73. The van der Waals surface area contributed by atoms with Crippen LogP contribution in [0.4, 0.5) is 0 Å². The molecule has 6 heteroatoms. The molecule has 0 radical (unpaired) electrons. The quantitative estimate of drug-likeness (QED) is 0.581. The highest BCUT2D eigenvalue weighted by Gasteiger charge is 2.16. The fourth-order valence-electron chi connectivity index (χ4n) is 2.15. The lowest BCUT2D eigenvalue weighted by Gasteiger charge is -2.03. The van der Waals surface area contributed by atoms with E-state index in [2.05, 4.69) is 16.9 Å². The largest absolute Gasteiger partial charge is 0.240 e. The van der Waals surface area contributed by atoms with Crippen LogP contribution in [0.3, 0.4) is 0 Å². The van der Waals surface area contributed by atoms with Gasteiger partial charge in [-0.05, 0) is 42.6 Å². The van der Waals surface area contributed by atoms with Crippen LogP contribution in [0, 0.1) is 0 Å². The van der Waals surface area contributed by atoms with E-state index in [0.717, 1.165) is 39.7 Å². The molecule has 0 aliphatic carbocycles. The molecule has 2 aromatic heterocycles. The van der Waals surface area contributed by atoms with Crippen molar-refractivity contribution >= 4 is 34.5 Å². The molecule has 0 fully saturated rings. The van der Waals surface area contributed by atoms with E-state index in [1.54, 1.807) is 17.5 Å². The van der Waals surface area contributed by atoms with E-state index in [-0.39, 0.29) is 5.28 Å². The Morgan fingerprint density at radius 3 is 2.73 bits per heavy atom. The number of rotatable bonds is 4. The Kier molecular flexibility index (Phi) is 4.71. The van der Waals surface area contributed by atoms with E-state index in [1.165, 1.54) is 0 Å². The van der Waals surface area contributed by atoms with Crippen LogP contribution >= 0.6 is 34.5 Å². The van der Waals surface area contributed by atoms with E-state index in [1.807, 2.05) is 30.3 Å². The predicted octanol–water partition coefficient (Wildman–Crippen LogP) is 5.53. The maximum Gasteiger partial charge on any atom is 0.222 e. The molecule has 0 spiro atoms. The number of thiazole rings is 1. The smallest absolute Gasteiger partial charge is 0.222 e. The average Bonchev–Trinajstić information content (AvgIpc) is 2.92. The highest BCUT2D eigenvalue weighted by molar-refractivity contribution is 7.15. The molecule has 0 unspecified atom stereocenters. The minimum absolute atomic E-state index is 0.236. The number of aromatic nitrogens is 3. The number of halogens is 2. The van der Waals surface area contributed by atoms with Crippen LogP contribution in [0.1, 0.15) is 18.4 Å². The fraction of sp³-hybridized carbons (Fsp3) is 0.188. The van der Waals surface area contributed by atoms with E-state index in [4.69, 9.17) is 28.2 Å². The first kappa shape index (κ1) is 15.4. The maximum absolute atomic E-state index is 6.12. The van der Waals surface area contributed by atoms with Crippen molar-refractivity contribution in [1.82, 2.24) is 15.0 Å². The van der Waals surface area contributed by atoms with E-state index in [0.29, 0.717) is 5.02 Å². The molecule has 112 valence electrons. The summed E-state index contributed by atoms with van der Waals surface area (Å²) in [5, 5.41) is 2.01. The van der Waals surface area contributed by atoms with Gasteiger partial charge < -0.3 is 0 Å². The minimum atomic E-state index is 0.236. The van der Waals surface area contributed by atoms with Gasteiger partial charge in [-0.25, -0.2) is 15.0 Å². The summed E-state index contributed by atoms with van der Waals surface area (Å²) in [6.07, 6.45) is 3.65. The van der Waals surface area contributed by atoms with Crippen LogP contribution in [0.5, 0.6) is 0 Å². The Labute approximate surface area is 143 Å². The van der Waals surface area contributed by atoms with Crippen LogP contribution in [-0.2, 0) is 6.42 Å². The second-order valence-corrected chi connectivity index (χ2v) is 6.61. The normalized spacial score (nSPS) is 10.9. The molecule has 0 saturated carbocycles. The SMILES string of the molecule is CCCc1nc(-c2cccc(Cl)c2)c(-c2ccnc(Cl)n2)s1. The average molecular weight is 350 g/mol. The molecule has 2 heterocycles. The summed E-state index contributed by atoms with van der Waals surface area (Å²) in [5.74, 6) is 0. The summed E-state index contributed by atoms with van der Waals surface area (Å²) in [6.45, 7) is 2.14. The molecule has 0 aliphatic rings. The standard InChI is InChI=1S/C16H13Cl2N3S/c1-2-4-13-21-14(10-5-3-6-11(17)9-10)15(22-13)12-7-8-19-16(18)20-12/h3,5-9H,2,4H2,1H3. The zero-order valence-electron chi connectivity index (χ0n) is 11.9. The predicted molar refractivity (Wildman–Crippen MR) is 92.6 cm³/mol. The Morgan fingerprint density at radius 2 is 2.00 bits per heavy atom. The monoisotopic (exact) mass is 349 g/mol. The maximum atomic E-state index is 6.12. The fourth-order valence-corrected chi connectivity index (χ4v) is 3.65. The van der Waals surface area contributed by atoms with Crippen LogP contribution in [-0.4, -0.2) is 15.0 Å². The van der Waals surface area contributed by atoms with Crippen molar-refractivity contribution < 1.29 is 0 Å². The number of hydrogen-bond acceptors (Lipinski definition) is 4. The molecular weight excluding hydrogens is 337 g/mol. The molecule has 3 rings (SSSR count). The van der Waals surface area contributed by atoms with Gasteiger partial charge in [-0.1, -0.05) is 30.7 Å². The molecule has 0 amide bonds.